The molecule has 0 radical (unpaired) electrons. The van der Waals surface area contributed by atoms with Crippen LogP contribution in [0, 0.1) is 0 Å². The monoisotopic (exact) mass is 499 g/mol. The van der Waals surface area contributed by atoms with E-state index in [1.165, 1.54) is 29.1 Å². The molecule has 35 heavy (non-hydrogen) atoms. The van der Waals surface area contributed by atoms with Crippen molar-refractivity contribution in [1.82, 2.24) is 10.2 Å². The molecule has 2 aromatic carbocycles. The zero-order valence-electron chi connectivity index (χ0n) is 21.2. The van der Waals surface area contributed by atoms with Gasteiger partial charge in [0.15, 0.2) is 6.10 Å². The molecule has 8 heteroatoms. The Morgan fingerprint density at radius 1 is 1.06 bits per heavy atom. The maximum Gasteiger partial charge on any atom is 0.263 e. The Balaban J connectivity index is 1.48. The number of benzene rings is 2. The average molecular weight is 500 g/mol. The second-order valence-electron chi connectivity index (χ2n) is 10.7. The summed E-state index contributed by atoms with van der Waals surface area (Å²) in [6.45, 7) is 9.62. The Bertz CT molecular complexity index is 1170. The van der Waals surface area contributed by atoms with E-state index in [0.717, 1.165) is 37.0 Å². The highest BCUT2D eigenvalue weighted by atomic mass is 32.2. The summed E-state index contributed by atoms with van der Waals surface area (Å²) in [6, 6.07) is 13.7. The Morgan fingerprint density at radius 2 is 1.74 bits per heavy atom. The molecular formula is C27H37N3O4S. The van der Waals surface area contributed by atoms with Crippen LogP contribution >= 0.6 is 0 Å². The van der Waals surface area contributed by atoms with Gasteiger partial charge in [0.1, 0.15) is 5.75 Å². The zero-order valence-corrected chi connectivity index (χ0v) is 22.0. The van der Waals surface area contributed by atoms with Gasteiger partial charge in [-0.1, -0.05) is 57.5 Å². The third kappa shape index (κ3) is 6.16. The van der Waals surface area contributed by atoms with E-state index in [4.69, 9.17) is 4.74 Å². The van der Waals surface area contributed by atoms with Crippen molar-refractivity contribution >= 4 is 21.6 Å². The van der Waals surface area contributed by atoms with E-state index < -0.39 is 16.1 Å². The Morgan fingerprint density at radius 3 is 2.40 bits per heavy atom. The number of nitrogens with one attached hydrogen (secondary N) is 1. The number of anilines is 1. The van der Waals surface area contributed by atoms with Gasteiger partial charge in [-0.25, -0.2) is 8.42 Å². The van der Waals surface area contributed by atoms with E-state index in [9.17, 15) is 13.2 Å². The van der Waals surface area contributed by atoms with Crippen molar-refractivity contribution in [2.24, 2.45) is 0 Å². The normalized spacial score (nSPS) is 19.1. The van der Waals surface area contributed by atoms with Gasteiger partial charge < -0.3 is 10.1 Å². The number of carbonyl (C=O) groups excluding carboxylic acids is 1. The Hall–Kier alpha value is -2.58. The zero-order chi connectivity index (χ0) is 25.2. The standard InChI is InChI=1S/C27H37N3O4S/c1-27(2,3)22-12-13-24-23(16-22)30(35(4,32)33)19-25(34-24)26(31)28-17-20-10-6-7-11-21(20)18-29-14-8-5-9-15-29/h6-7,10-13,16,25H,5,8-9,14-15,17-19H2,1-4H3,(H,28,31)/t25-/m0/s1. The third-order valence-electron chi connectivity index (χ3n) is 6.80. The predicted molar refractivity (Wildman–Crippen MR) is 139 cm³/mol. The number of sulfonamides is 1. The highest BCUT2D eigenvalue weighted by Gasteiger charge is 2.35. The van der Waals surface area contributed by atoms with Gasteiger partial charge in [0.2, 0.25) is 10.0 Å². The minimum atomic E-state index is -3.59. The van der Waals surface area contributed by atoms with Gasteiger partial charge in [-0.15, -0.1) is 0 Å². The van der Waals surface area contributed by atoms with Crippen molar-refractivity contribution in [2.75, 3.05) is 30.2 Å². The number of ether oxygens (including phenoxy) is 1. The van der Waals surface area contributed by atoms with Gasteiger partial charge in [0.05, 0.1) is 18.5 Å². The fourth-order valence-electron chi connectivity index (χ4n) is 4.71. The number of rotatable bonds is 6. The number of amides is 1. The fraction of sp³-hybridized carbons (Fsp3) is 0.519. The van der Waals surface area contributed by atoms with Crippen LogP contribution in [-0.4, -0.2) is 51.2 Å². The Labute approximate surface area is 209 Å². The summed E-state index contributed by atoms with van der Waals surface area (Å²) in [6.07, 6.45) is 3.99. The van der Waals surface area contributed by atoms with Gasteiger partial charge in [-0.05, 0) is 60.2 Å². The van der Waals surface area contributed by atoms with Crippen LogP contribution in [0.15, 0.2) is 42.5 Å². The number of carbonyl (C=O) groups is 1. The summed E-state index contributed by atoms with van der Waals surface area (Å²) >= 11 is 0. The number of piperidine rings is 1. The SMILES string of the molecule is CC(C)(C)c1ccc2c(c1)N(S(C)(=O)=O)C[C@@H](C(=O)NCc1ccccc1CN1CCCCC1)O2. The quantitative estimate of drug-likeness (QED) is 0.654. The van der Waals surface area contributed by atoms with Crippen molar-refractivity contribution < 1.29 is 17.9 Å². The summed E-state index contributed by atoms with van der Waals surface area (Å²) < 4.78 is 32.5. The molecule has 7 nitrogen and oxygen atoms in total. The molecule has 0 aliphatic carbocycles. The fourth-order valence-corrected chi connectivity index (χ4v) is 5.61. The molecule has 1 amide bonds. The van der Waals surface area contributed by atoms with E-state index in [0.29, 0.717) is 18.0 Å². The number of hydrogen-bond donors (Lipinski definition) is 1. The largest absolute Gasteiger partial charge is 0.476 e. The van der Waals surface area contributed by atoms with Crippen LogP contribution in [0.2, 0.25) is 0 Å². The van der Waals surface area contributed by atoms with E-state index in [1.54, 1.807) is 6.07 Å². The van der Waals surface area contributed by atoms with E-state index >= 15 is 0 Å². The molecule has 2 aliphatic rings. The minimum absolute atomic E-state index is 0.0549. The maximum atomic E-state index is 13.1. The van der Waals surface area contributed by atoms with Crippen LogP contribution in [0.4, 0.5) is 5.69 Å². The molecule has 190 valence electrons. The minimum Gasteiger partial charge on any atom is -0.476 e. The molecule has 0 unspecified atom stereocenters. The van der Waals surface area contributed by atoms with E-state index in [-0.39, 0.29) is 17.9 Å². The van der Waals surface area contributed by atoms with E-state index in [2.05, 4.69) is 37.1 Å². The first-order valence-electron chi connectivity index (χ1n) is 12.4. The molecule has 2 aromatic rings. The third-order valence-corrected chi connectivity index (χ3v) is 7.95. The molecule has 0 saturated carbocycles. The lowest BCUT2D eigenvalue weighted by molar-refractivity contribution is -0.127. The van der Waals surface area contributed by atoms with Crippen molar-refractivity contribution in [2.45, 2.75) is 64.6 Å². The van der Waals surface area contributed by atoms with Crippen molar-refractivity contribution in [3.8, 4) is 5.75 Å². The smallest absolute Gasteiger partial charge is 0.263 e. The van der Waals surface area contributed by atoms with Crippen LogP contribution in [-0.2, 0) is 33.3 Å². The molecule has 2 heterocycles. The summed E-state index contributed by atoms with van der Waals surface area (Å²) in [5.41, 5.74) is 3.61. The maximum absolute atomic E-state index is 13.1. The molecule has 1 saturated heterocycles. The molecule has 0 aromatic heterocycles. The molecular weight excluding hydrogens is 462 g/mol. The van der Waals surface area contributed by atoms with Gasteiger partial charge >= 0.3 is 0 Å². The summed E-state index contributed by atoms with van der Waals surface area (Å²) in [5, 5.41) is 2.98. The second kappa shape index (κ2) is 10.2. The lowest BCUT2D eigenvalue weighted by atomic mass is 9.86. The highest BCUT2D eigenvalue weighted by molar-refractivity contribution is 7.92. The first kappa shape index (κ1) is 25.5. The topological polar surface area (TPSA) is 79.0 Å². The molecule has 1 N–H and O–H groups in total. The van der Waals surface area contributed by atoms with Gasteiger partial charge in [0, 0.05) is 13.1 Å². The molecule has 4 rings (SSSR count). The van der Waals surface area contributed by atoms with E-state index in [1.807, 2.05) is 30.3 Å². The van der Waals surface area contributed by atoms with Crippen molar-refractivity contribution in [3.63, 3.8) is 0 Å². The molecule has 2 aliphatic heterocycles. The van der Waals surface area contributed by atoms with Crippen LogP contribution in [0.3, 0.4) is 0 Å². The highest BCUT2D eigenvalue weighted by Crippen LogP contribution is 2.38. The predicted octanol–water partition coefficient (Wildman–Crippen LogP) is 3.81. The summed E-state index contributed by atoms with van der Waals surface area (Å²) in [4.78, 5) is 15.6. The number of fused-ring (bicyclic) bond motifs is 1. The molecule has 1 fully saturated rings. The van der Waals surface area contributed by atoms with Crippen LogP contribution in [0.25, 0.3) is 0 Å². The van der Waals surface area contributed by atoms with Crippen molar-refractivity contribution in [3.05, 3.63) is 59.2 Å². The lowest BCUT2D eigenvalue weighted by Gasteiger charge is -2.35. The van der Waals surface area contributed by atoms with Crippen LogP contribution in [0.5, 0.6) is 5.75 Å². The molecule has 1 atom stereocenters. The number of likely N-dealkylation sites (tertiary alicyclic amines) is 1. The van der Waals surface area contributed by atoms with Gasteiger partial charge in [0.25, 0.3) is 5.91 Å². The van der Waals surface area contributed by atoms with Gasteiger partial charge in [-0.2, -0.15) is 0 Å². The first-order valence-corrected chi connectivity index (χ1v) is 14.2. The number of nitrogens with zero attached hydrogens (tertiary/aromatic N) is 2. The number of hydrogen-bond acceptors (Lipinski definition) is 5. The summed E-state index contributed by atoms with van der Waals surface area (Å²) in [7, 11) is -3.59. The average Bonchev–Trinajstić information content (AvgIpc) is 2.81. The van der Waals surface area contributed by atoms with Crippen LogP contribution in [0.1, 0.15) is 56.7 Å². The second-order valence-corrected chi connectivity index (χ2v) is 12.6. The molecule has 0 spiro atoms. The summed E-state index contributed by atoms with van der Waals surface area (Å²) in [5.74, 6) is 0.0808. The lowest BCUT2D eigenvalue weighted by Crippen LogP contribution is -2.50. The van der Waals surface area contributed by atoms with Gasteiger partial charge in [-0.3, -0.25) is 14.0 Å². The van der Waals surface area contributed by atoms with Crippen molar-refractivity contribution in [1.29, 1.82) is 0 Å². The first-order chi connectivity index (χ1) is 16.5. The van der Waals surface area contributed by atoms with Crippen LogP contribution < -0.4 is 14.4 Å². The Kier molecular flexibility index (Phi) is 7.43. The molecule has 0 bridgehead atoms.